The molecular formula is C24H42Cl2N6O6PtS2. The second kappa shape index (κ2) is 22.3. The molecule has 10 N–H and O–H groups in total. The molecule has 4 amide bonds. The maximum absolute atomic E-state index is 13.2. The number of rotatable bonds is 2. The molecule has 0 aromatic carbocycles. The Balaban J connectivity index is 0. The average molecular weight is 841 g/mol. The first-order valence-corrected chi connectivity index (χ1v) is 20.4. The van der Waals surface area contributed by atoms with Crippen LogP contribution in [0.15, 0.2) is 23.9 Å². The van der Waals surface area contributed by atoms with Crippen molar-refractivity contribution in [2.24, 2.45) is 11.8 Å². The molecule has 12 nitrogen and oxygen atoms in total. The third kappa shape index (κ3) is 15.1. The molecule has 0 aromatic heterocycles. The number of nitrogens with one attached hydrogen (secondary N) is 4. The minimum atomic E-state index is -1.00. The molecule has 17 heteroatoms. The van der Waals surface area contributed by atoms with Crippen LogP contribution in [0.1, 0.15) is 47.5 Å². The Morgan fingerprint density at radius 3 is 2.12 bits per heavy atom. The van der Waals surface area contributed by atoms with Crippen LogP contribution in [0.5, 0.6) is 0 Å². The van der Waals surface area contributed by atoms with E-state index < -0.39 is 70.3 Å². The van der Waals surface area contributed by atoms with Gasteiger partial charge in [-0.25, -0.2) is 4.79 Å². The maximum atomic E-state index is 13.2. The summed E-state index contributed by atoms with van der Waals surface area (Å²) in [6.45, 7) is 8.66. The molecule has 1 fully saturated rings. The fourth-order valence-corrected chi connectivity index (χ4v) is 5.66. The number of carbonyl (C=O) groups excluding carboxylic acids is 5. The zero-order chi connectivity index (χ0) is 29.5. The minimum absolute atomic E-state index is 0. The van der Waals surface area contributed by atoms with Gasteiger partial charge >= 0.3 is 41.3 Å². The molecule has 0 spiro atoms. The van der Waals surface area contributed by atoms with Crippen LogP contribution in [0.2, 0.25) is 0 Å². The Kier molecular flexibility index (Phi) is 22.7. The third-order valence-corrected chi connectivity index (χ3v) is 8.03. The molecule has 0 aromatic rings. The van der Waals surface area contributed by atoms with E-state index in [4.69, 9.17) is 23.6 Å². The zero-order valence-electron chi connectivity index (χ0n) is 23.8. The van der Waals surface area contributed by atoms with Gasteiger partial charge in [0, 0.05) is 11.5 Å². The van der Waals surface area contributed by atoms with Gasteiger partial charge in [-0.15, -0.1) is 0 Å². The predicted molar refractivity (Wildman–Crippen MR) is 162 cm³/mol. The van der Waals surface area contributed by atoms with Crippen molar-refractivity contribution < 1.29 is 45.2 Å². The number of halogens is 2. The summed E-state index contributed by atoms with van der Waals surface area (Å²) in [5.74, 6) is -2.54. The third-order valence-electron chi connectivity index (χ3n) is 5.59. The van der Waals surface area contributed by atoms with Gasteiger partial charge < -0.3 is 38.3 Å². The van der Waals surface area contributed by atoms with E-state index in [0.29, 0.717) is 12.2 Å². The molecule has 0 unspecified atom stereocenters. The number of esters is 1. The zero-order valence-corrected chi connectivity index (χ0v) is 29.2. The van der Waals surface area contributed by atoms with Crippen LogP contribution in [0.4, 0.5) is 0 Å². The van der Waals surface area contributed by atoms with E-state index in [2.05, 4.69) is 21.3 Å². The number of hydrogen-bond acceptors (Lipinski definition) is 10. The van der Waals surface area contributed by atoms with E-state index in [1.807, 2.05) is 6.08 Å². The van der Waals surface area contributed by atoms with Crippen LogP contribution in [-0.4, -0.2) is 65.3 Å². The Hall–Kier alpha value is -1.28. The van der Waals surface area contributed by atoms with E-state index >= 15 is 0 Å². The predicted octanol–water partition coefficient (Wildman–Crippen LogP) is 3.13. The molecule has 0 radical (unpaired) electrons. The monoisotopic (exact) mass is 839 g/mol. The van der Waals surface area contributed by atoms with Gasteiger partial charge in [0.05, 0.1) is 6.42 Å². The standard InChI is InChI=1S/C24H36N4O6S2.2ClH.2H3N.Pt/c1-6-16-21(30)28-20(14(4)5)24(33)34-15-9-7-8-10-35-36-12-17(22(31)25-16)26-23(32)19(13(2)3)27-18(29)11-15;;;;;/h6-7,9,13-15,17,19-20H,8,10-12H2,1-5H3,(H,25,31)(H,26,32)(H,27,29)(H,28,30);2*1H;2*1H3;/q;;;;;+2/p-2/b9-7+,16-6-;;;;;/t15-,17-,19-,20+;;;;;/m1...../s1. The van der Waals surface area contributed by atoms with Crippen molar-refractivity contribution in [1.82, 2.24) is 33.6 Å². The second-order valence-corrected chi connectivity index (χ2v) is 15.2. The molecule has 2 heterocycles. The van der Waals surface area contributed by atoms with Crippen molar-refractivity contribution >= 4 is 70.0 Å². The first kappa shape index (κ1) is 41.9. The summed E-state index contributed by atoms with van der Waals surface area (Å²) < 4.78 is 5.65. The molecule has 2 bridgehead atoms. The van der Waals surface area contributed by atoms with E-state index in [1.54, 1.807) is 40.7 Å². The van der Waals surface area contributed by atoms with E-state index in [1.165, 1.54) is 27.7 Å². The SMILES string of the molecule is C/C=C1\NC(=O)[C@H]2CSSCC/C=C/[C@H](CC(=O)N[C@H](C(C)C)C(=O)N2)OC(=O)[C@H](C(C)C)NC1=O.N.N.[Cl][Pt][Cl]. The van der Waals surface area contributed by atoms with Crippen LogP contribution in [-0.2, 0) is 45.2 Å². The van der Waals surface area contributed by atoms with Crippen molar-refractivity contribution in [3.63, 3.8) is 0 Å². The topological polar surface area (TPSA) is 213 Å². The summed E-state index contributed by atoms with van der Waals surface area (Å²) in [6, 6.07) is -2.86. The number of amides is 4. The molecule has 2 aliphatic rings. The van der Waals surface area contributed by atoms with E-state index in [0.717, 1.165) is 0 Å². The quantitative estimate of drug-likeness (QED) is 0.104. The van der Waals surface area contributed by atoms with E-state index in [-0.39, 0.29) is 42.0 Å². The van der Waals surface area contributed by atoms with Crippen LogP contribution < -0.4 is 33.6 Å². The van der Waals surface area contributed by atoms with Crippen molar-refractivity contribution in [1.29, 1.82) is 0 Å². The summed E-state index contributed by atoms with van der Waals surface area (Å²) in [7, 11) is 12.7. The van der Waals surface area contributed by atoms with E-state index in [9.17, 15) is 24.0 Å². The van der Waals surface area contributed by atoms with Gasteiger partial charge in [-0.05, 0) is 31.3 Å². The average Bonchev–Trinajstić information content (AvgIpc) is 2.86. The Labute approximate surface area is 266 Å². The first-order chi connectivity index (χ1) is 18.4. The second-order valence-electron chi connectivity index (χ2n) is 9.29. The van der Waals surface area contributed by atoms with Gasteiger partial charge in [-0.2, -0.15) is 0 Å². The molecule has 0 saturated carbocycles. The Morgan fingerprint density at radius 1 is 0.951 bits per heavy atom. The molecule has 41 heavy (non-hydrogen) atoms. The number of fused-ring (bicyclic) bond motifs is 7. The molecule has 0 aliphatic carbocycles. The summed E-state index contributed by atoms with van der Waals surface area (Å²) in [5.41, 5.74) is -0.0445. The fraction of sp³-hybridized carbons (Fsp3) is 0.625. The number of ether oxygens (including phenoxy) is 1. The normalized spacial score (nSPS) is 26.6. The molecule has 4 atom stereocenters. The number of allylic oxidation sites excluding steroid dienone is 2. The van der Waals surface area contributed by atoms with Crippen LogP contribution in [0.3, 0.4) is 0 Å². The van der Waals surface area contributed by atoms with Crippen molar-refractivity contribution in [2.45, 2.75) is 71.7 Å². The summed E-state index contributed by atoms with van der Waals surface area (Å²) >= 11 is -0.472. The van der Waals surface area contributed by atoms with Crippen molar-refractivity contribution in [3.8, 4) is 0 Å². The molecule has 2 rings (SSSR count). The Bertz CT molecular complexity index is 944. The van der Waals surface area contributed by atoms with Crippen LogP contribution in [0, 0.1) is 11.8 Å². The van der Waals surface area contributed by atoms with Gasteiger partial charge in [0.15, 0.2) is 0 Å². The summed E-state index contributed by atoms with van der Waals surface area (Å²) in [4.78, 5) is 65.2. The summed E-state index contributed by atoms with van der Waals surface area (Å²) in [5, 5.41) is 10.7. The first-order valence-electron chi connectivity index (χ1n) is 12.3. The molecule has 2 aliphatic heterocycles. The van der Waals surface area contributed by atoms with Gasteiger partial charge in [0.1, 0.15) is 29.9 Å². The molecular weight excluding hydrogens is 798 g/mol. The van der Waals surface area contributed by atoms with Crippen LogP contribution in [0.25, 0.3) is 0 Å². The van der Waals surface area contributed by atoms with Gasteiger partial charge in [0.25, 0.3) is 5.91 Å². The Morgan fingerprint density at radius 2 is 1.56 bits per heavy atom. The summed E-state index contributed by atoms with van der Waals surface area (Å²) in [6.07, 6.45) is 4.51. The number of hydrogen-bond donors (Lipinski definition) is 6. The molecule has 240 valence electrons. The fourth-order valence-electron chi connectivity index (χ4n) is 3.50. The van der Waals surface area contributed by atoms with Gasteiger partial charge in [-0.3, -0.25) is 19.2 Å². The number of carbonyl (C=O) groups is 5. The van der Waals surface area contributed by atoms with Crippen molar-refractivity contribution in [2.75, 3.05) is 11.5 Å². The van der Waals surface area contributed by atoms with Gasteiger partial charge in [0.2, 0.25) is 17.7 Å². The van der Waals surface area contributed by atoms with Crippen LogP contribution >= 0.6 is 40.4 Å². The van der Waals surface area contributed by atoms with Crippen molar-refractivity contribution in [3.05, 3.63) is 23.9 Å². The van der Waals surface area contributed by atoms with Gasteiger partial charge in [-0.1, -0.05) is 61.4 Å². The molecule has 1 saturated heterocycles.